The predicted molar refractivity (Wildman–Crippen MR) is 47.7 cm³/mol. The number of nitrogens with one attached hydrogen (secondary N) is 1. The van der Waals surface area contributed by atoms with Gasteiger partial charge in [-0.15, -0.1) is 0 Å². The van der Waals surface area contributed by atoms with Crippen molar-refractivity contribution >= 4 is 0 Å². The Bertz CT molecular complexity index is 123. The molecule has 0 aliphatic carbocycles. The summed E-state index contributed by atoms with van der Waals surface area (Å²) in [6, 6.07) is 0.0153. The van der Waals surface area contributed by atoms with Crippen LogP contribution in [0.4, 0.5) is 13.2 Å². The molecule has 4 heteroatoms. The molecule has 0 saturated heterocycles. The first kappa shape index (κ1) is 12.8. The number of alkyl halides is 3. The van der Waals surface area contributed by atoms with Crippen LogP contribution < -0.4 is 5.32 Å². The van der Waals surface area contributed by atoms with E-state index in [1.54, 1.807) is 0 Å². The van der Waals surface area contributed by atoms with E-state index in [2.05, 4.69) is 5.32 Å². The fraction of sp³-hybridized carbons (Fsp3) is 1.00. The van der Waals surface area contributed by atoms with Crippen molar-refractivity contribution in [3.63, 3.8) is 0 Å². The molecule has 0 aromatic rings. The van der Waals surface area contributed by atoms with Gasteiger partial charge in [0.2, 0.25) is 0 Å². The van der Waals surface area contributed by atoms with Crippen LogP contribution in [0.5, 0.6) is 0 Å². The van der Waals surface area contributed by atoms with Gasteiger partial charge in [0.25, 0.3) is 0 Å². The summed E-state index contributed by atoms with van der Waals surface area (Å²) >= 11 is 0. The summed E-state index contributed by atoms with van der Waals surface area (Å²) in [4.78, 5) is 0. The van der Waals surface area contributed by atoms with Crippen molar-refractivity contribution in [1.82, 2.24) is 5.32 Å². The Labute approximate surface area is 77.7 Å². The summed E-state index contributed by atoms with van der Waals surface area (Å²) < 4.78 is 35.4. The molecular formula is C9H18F3N. The molecule has 1 unspecified atom stereocenters. The third-order valence-corrected chi connectivity index (χ3v) is 1.99. The SMILES string of the molecule is CCCCC(CC)NCC(F)(F)F. The van der Waals surface area contributed by atoms with Crippen molar-refractivity contribution < 1.29 is 13.2 Å². The average Bonchev–Trinajstić information content (AvgIpc) is 2.03. The van der Waals surface area contributed by atoms with E-state index < -0.39 is 12.7 Å². The van der Waals surface area contributed by atoms with Crippen LogP contribution in [-0.2, 0) is 0 Å². The summed E-state index contributed by atoms with van der Waals surface area (Å²) in [7, 11) is 0. The highest BCUT2D eigenvalue weighted by Gasteiger charge is 2.27. The van der Waals surface area contributed by atoms with Gasteiger partial charge >= 0.3 is 6.18 Å². The van der Waals surface area contributed by atoms with Crippen LogP contribution in [-0.4, -0.2) is 18.8 Å². The highest BCUT2D eigenvalue weighted by Crippen LogP contribution is 2.14. The summed E-state index contributed by atoms with van der Waals surface area (Å²) in [5, 5.41) is 2.52. The number of halogens is 3. The van der Waals surface area contributed by atoms with Gasteiger partial charge in [-0.05, 0) is 12.8 Å². The molecule has 0 rings (SSSR count). The van der Waals surface area contributed by atoms with Gasteiger partial charge in [-0.2, -0.15) is 13.2 Å². The van der Waals surface area contributed by atoms with Crippen molar-refractivity contribution in [1.29, 1.82) is 0 Å². The number of hydrogen-bond donors (Lipinski definition) is 1. The molecule has 0 bridgehead atoms. The Hall–Kier alpha value is -0.250. The molecule has 0 heterocycles. The quantitative estimate of drug-likeness (QED) is 0.690. The maximum absolute atomic E-state index is 11.8. The molecule has 0 aliphatic rings. The molecule has 0 fully saturated rings. The zero-order valence-electron chi connectivity index (χ0n) is 8.25. The van der Waals surface area contributed by atoms with E-state index in [1.807, 2.05) is 13.8 Å². The lowest BCUT2D eigenvalue weighted by Gasteiger charge is -2.17. The molecule has 1 N–H and O–H groups in total. The first-order valence-corrected chi connectivity index (χ1v) is 4.79. The summed E-state index contributed by atoms with van der Waals surface area (Å²) in [5.41, 5.74) is 0. The maximum atomic E-state index is 11.8. The molecular weight excluding hydrogens is 179 g/mol. The molecule has 0 aromatic heterocycles. The Morgan fingerprint density at radius 3 is 2.23 bits per heavy atom. The first-order chi connectivity index (χ1) is 5.99. The Balaban J connectivity index is 3.59. The number of unbranched alkanes of at least 4 members (excludes halogenated alkanes) is 1. The molecule has 0 aromatic carbocycles. The fourth-order valence-corrected chi connectivity index (χ4v) is 1.16. The van der Waals surface area contributed by atoms with Crippen LogP contribution in [0.2, 0.25) is 0 Å². The van der Waals surface area contributed by atoms with Gasteiger partial charge in [0.15, 0.2) is 0 Å². The van der Waals surface area contributed by atoms with E-state index in [0.29, 0.717) is 0 Å². The third-order valence-electron chi connectivity index (χ3n) is 1.99. The zero-order chi connectivity index (χ0) is 10.3. The second kappa shape index (κ2) is 6.24. The number of rotatable bonds is 6. The highest BCUT2D eigenvalue weighted by molar-refractivity contribution is 4.67. The molecule has 0 amide bonds. The second-order valence-electron chi connectivity index (χ2n) is 3.24. The van der Waals surface area contributed by atoms with Gasteiger partial charge < -0.3 is 5.32 Å². The lowest BCUT2D eigenvalue weighted by Crippen LogP contribution is -2.36. The standard InChI is InChI=1S/C9H18F3N/c1-3-5-6-8(4-2)13-7-9(10,11)12/h8,13H,3-7H2,1-2H3. The number of hydrogen-bond acceptors (Lipinski definition) is 1. The molecule has 0 saturated carbocycles. The molecule has 0 aliphatic heterocycles. The van der Waals surface area contributed by atoms with E-state index in [0.717, 1.165) is 25.7 Å². The van der Waals surface area contributed by atoms with Crippen LogP contribution in [0.1, 0.15) is 39.5 Å². The fourth-order valence-electron chi connectivity index (χ4n) is 1.16. The van der Waals surface area contributed by atoms with Crippen LogP contribution >= 0.6 is 0 Å². The van der Waals surface area contributed by atoms with Crippen LogP contribution in [0.15, 0.2) is 0 Å². The van der Waals surface area contributed by atoms with Crippen LogP contribution in [0.25, 0.3) is 0 Å². The Morgan fingerprint density at radius 2 is 1.85 bits per heavy atom. The van der Waals surface area contributed by atoms with Crippen molar-refractivity contribution in [2.45, 2.75) is 51.7 Å². The highest BCUT2D eigenvalue weighted by atomic mass is 19.4. The second-order valence-corrected chi connectivity index (χ2v) is 3.24. The van der Waals surface area contributed by atoms with Gasteiger partial charge in [-0.3, -0.25) is 0 Å². The van der Waals surface area contributed by atoms with Crippen molar-refractivity contribution in [3.8, 4) is 0 Å². The van der Waals surface area contributed by atoms with E-state index in [-0.39, 0.29) is 6.04 Å². The lowest BCUT2D eigenvalue weighted by molar-refractivity contribution is -0.126. The van der Waals surface area contributed by atoms with Gasteiger partial charge in [0, 0.05) is 6.04 Å². The Morgan fingerprint density at radius 1 is 1.23 bits per heavy atom. The van der Waals surface area contributed by atoms with Gasteiger partial charge in [-0.1, -0.05) is 26.7 Å². The summed E-state index contributed by atoms with van der Waals surface area (Å²) in [5.74, 6) is 0. The van der Waals surface area contributed by atoms with Gasteiger partial charge in [0.05, 0.1) is 6.54 Å². The van der Waals surface area contributed by atoms with Gasteiger partial charge in [-0.25, -0.2) is 0 Å². The summed E-state index contributed by atoms with van der Waals surface area (Å²) in [6.45, 7) is 3.08. The molecule has 1 nitrogen and oxygen atoms in total. The zero-order valence-corrected chi connectivity index (χ0v) is 8.25. The first-order valence-electron chi connectivity index (χ1n) is 4.79. The maximum Gasteiger partial charge on any atom is 0.401 e. The summed E-state index contributed by atoms with van der Waals surface area (Å²) in [6.07, 6.45) is -0.466. The van der Waals surface area contributed by atoms with E-state index in [1.165, 1.54) is 0 Å². The van der Waals surface area contributed by atoms with Crippen LogP contribution in [0.3, 0.4) is 0 Å². The van der Waals surface area contributed by atoms with Crippen molar-refractivity contribution in [3.05, 3.63) is 0 Å². The molecule has 1 atom stereocenters. The monoisotopic (exact) mass is 197 g/mol. The van der Waals surface area contributed by atoms with Crippen molar-refractivity contribution in [2.24, 2.45) is 0 Å². The topological polar surface area (TPSA) is 12.0 Å². The molecule has 0 radical (unpaired) electrons. The molecule has 80 valence electrons. The lowest BCUT2D eigenvalue weighted by atomic mass is 10.1. The van der Waals surface area contributed by atoms with Crippen molar-refractivity contribution in [2.75, 3.05) is 6.54 Å². The third kappa shape index (κ3) is 8.09. The normalized spacial score (nSPS) is 14.5. The van der Waals surface area contributed by atoms with E-state index >= 15 is 0 Å². The largest absolute Gasteiger partial charge is 0.401 e. The minimum atomic E-state index is -4.08. The Kier molecular flexibility index (Phi) is 6.12. The molecule has 0 spiro atoms. The van der Waals surface area contributed by atoms with Crippen LogP contribution in [0, 0.1) is 0 Å². The minimum Gasteiger partial charge on any atom is -0.306 e. The smallest absolute Gasteiger partial charge is 0.306 e. The average molecular weight is 197 g/mol. The van der Waals surface area contributed by atoms with E-state index in [9.17, 15) is 13.2 Å². The predicted octanol–water partition coefficient (Wildman–Crippen LogP) is 3.11. The molecule has 13 heavy (non-hydrogen) atoms. The minimum absolute atomic E-state index is 0.0153. The van der Waals surface area contributed by atoms with Gasteiger partial charge in [0.1, 0.15) is 0 Å². The van der Waals surface area contributed by atoms with E-state index in [4.69, 9.17) is 0 Å².